The topological polar surface area (TPSA) is 33.4 Å². The van der Waals surface area contributed by atoms with Crippen molar-refractivity contribution >= 4 is 22.6 Å². The summed E-state index contributed by atoms with van der Waals surface area (Å²) in [4.78, 5) is 0. The Balaban J connectivity index is 2.03. The van der Waals surface area contributed by atoms with Crippen LogP contribution in [0.15, 0.2) is 28.7 Å². The van der Waals surface area contributed by atoms with Gasteiger partial charge in [-0.15, -0.1) is 0 Å². The van der Waals surface area contributed by atoms with Crippen molar-refractivity contribution in [3.05, 3.63) is 35.0 Å². The van der Waals surface area contributed by atoms with Crippen LogP contribution < -0.4 is 0 Å². The van der Waals surface area contributed by atoms with Crippen LogP contribution in [0.1, 0.15) is 38.4 Å². The lowest BCUT2D eigenvalue weighted by atomic mass is 9.77. The Morgan fingerprint density at radius 2 is 2.22 bits per heavy atom. The Bertz CT molecular complexity index is 575. The zero-order chi connectivity index (χ0) is 12.8. The van der Waals surface area contributed by atoms with Gasteiger partial charge in [0.25, 0.3) is 0 Å². The first-order valence-electron chi connectivity index (χ1n) is 6.49. The van der Waals surface area contributed by atoms with Crippen molar-refractivity contribution in [3.8, 4) is 0 Å². The van der Waals surface area contributed by atoms with Gasteiger partial charge in [0.1, 0.15) is 16.9 Å². The summed E-state index contributed by atoms with van der Waals surface area (Å²) in [5.41, 5.74) is -0.00978. The summed E-state index contributed by atoms with van der Waals surface area (Å²) < 4.78 is 5.81. The van der Waals surface area contributed by atoms with Gasteiger partial charge in [-0.3, -0.25) is 0 Å². The van der Waals surface area contributed by atoms with Gasteiger partial charge in [0.05, 0.1) is 0 Å². The molecule has 1 fully saturated rings. The highest BCUT2D eigenvalue weighted by molar-refractivity contribution is 6.31. The van der Waals surface area contributed by atoms with Crippen molar-refractivity contribution in [2.45, 2.75) is 38.2 Å². The maximum atomic E-state index is 10.8. The van der Waals surface area contributed by atoms with Crippen LogP contribution in [-0.4, -0.2) is 5.11 Å². The molecule has 0 spiro atoms. The molecule has 2 unspecified atom stereocenters. The maximum Gasteiger partial charge on any atom is 0.136 e. The molecule has 1 heterocycles. The van der Waals surface area contributed by atoms with Crippen LogP contribution in [0.2, 0.25) is 5.02 Å². The number of rotatable bonds is 1. The molecule has 0 radical (unpaired) electrons. The number of benzene rings is 1. The highest BCUT2D eigenvalue weighted by atomic mass is 35.5. The van der Waals surface area contributed by atoms with E-state index in [-0.39, 0.29) is 0 Å². The number of halogens is 1. The van der Waals surface area contributed by atoms with Crippen molar-refractivity contribution < 1.29 is 9.52 Å². The Hall–Kier alpha value is -0.990. The number of hydrogen-bond acceptors (Lipinski definition) is 2. The zero-order valence-electron chi connectivity index (χ0n) is 10.4. The first-order valence-corrected chi connectivity index (χ1v) is 6.87. The van der Waals surface area contributed by atoms with E-state index < -0.39 is 5.60 Å². The average Bonchev–Trinajstić information content (AvgIpc) is 2.72. The molecule has 2 nitrogen and oxygen atoms in total. The average molecular weight is 265 g/mol. The molecular formula is C15H17ClO2. The van der Waals surface area contributed by atoms with Crippen LogP contribution in [0.3, 0.4) is 0 Å². The first kappa shape index (κ1) is 12.1. The number of fused-ring (bicyclic) bond motifs is 1. The van der Waals surface area contributed by atoms with E-state index in [1.54, 1.807) is 0 Å². The fraction of sp³-hybridized carbons (Fsp3) is 0.467. The standard InChI is InChI=1S/C15H17ClO2/c1-10-3-2-6-15(17,9-10)14-8-11-7-12(16)4-5-13(11)18-14/h4-5,7-8,10,17H,2-3,6,9H2,1H3. The van der Waals surface area contributed by atoms with Gasteiger partial charge in [0.2, 0.25) is 0 Å². The van der Waals surface area contributed by atoms with Crippen molar-refractivity contribution in [2.24, 2.45) is 5.92 Å². The van der Waals surface area contributed by atoms with Crippen LogP contribution >= 0.6 is 11.6 Å². The molecule has 0 amide bonds. The second-order valence-electron chi connectivity index (χ2n) is 5.53. The third kappa shape index (κ3) is 2.04. The van der Waals surface area contributed by atoms with E-state index in [4.69, 9.17) is 16.0 Å². The molecule has 2 atom stereocenters. The molecule has 1 aromatic heterocycles. The van der Waals surface area contributed by atoms with Crippen LogP contribution in [-0.2, 0) is 5.60 Å². The van der Waals surface area contributed by atoms with Gasteiger partial charge in [-0.2, -0.15) is 0 Å². The van der Waals surface area contributed by atoms with Crippen molar-refractivity contribution in [2.75, 3.05) is 0 Å². The minimum absolute atomic E-state index is 0.542. The smallest absolute Gasteiger partial charge is 0.136 e. The summed E-state index contributed by atoms with van der Waals surface area (Å²) in [6.45, 7) is 2.18. The van der Waals surface area contributed by atoms with Gasteiger partial charge >= 0.3 is 0 Å². The summed E-state index contributed by atoms with van der Waals surface area (Å²) in [6.07, 6.45) is 3.80. The summed E-state index contributed by atoms with van der Waals surface area (Å²) in [6, 6.07) is 7.47. The summed E-state index contributed by atoms with van der Waals surface area (Å²) in [5.74, 6) is 1.23. The van der Waals surface area contributed by atoms with Crippen molar-refractivity contribution in [1.82, 2.24) is 0 Å². The molecule has 1 aliphatic carbocycles. The lowest BCUT2D eigenvalue weighted by molar-refractivity contribution is -0.0345. The first-order chi connectivity index (χ1) is 8.57. The monoisotopic (exact) mass is 264 g/mol. The number of aliphatic hydroxyl groups is 1. The van der Waals surface area contributed by atoms with Crippen molar-refractivity contribution in [1.29, 1.82) is 0 Å². The van der Waals surface area contributed by atoms with Crippen LogP contribution in [0.25, 0.3) is 11.0 Å². The predicted octanol–water partition coefficient (Wildman–Crippen LogP) is 4.48. The molecule has 1 saturated carbocycles. The van der Waals surface area contributed by atoms with Gasteiger partial charge in [-0.05, 0) is 49.4 Å². The number of hydrogen-bond donors (Lipinski definition) is 1. The zero-order valence-corrected chi connectivity index (χ0v) is 11.2. The second kappa shape index (κ2) is 4.29. The van der Waals surface area contributed by atoms with E-state index in [1.165, 1.54) is 6.42 Å². The summed E-state index contributed by atoms with van der Waals surface area (Å²) >= 11 is 5.97. The van der Waals surface area contributed by atoms with E-state index in [1.807, 2.05) is 24.3 Å². The third-order valence-electron chi connectivity index (χ3n) is 3.91. The summed E-state index contributed by atoms with van der Waals surface area (Å²) in [5, 5.41) is 12.4. The van der Waals surface area contributed by atoms with Gasteiger partial charge in [-0.25, -0.2) is 0 Å². The van der Waals surface area contributed by atoms with Crippen LogP contribution in [0, 0.1) is 5.92 Å². The maximum absolute atomic E-state index is 10.8. The molecule has 1 aliphatic rings. The highest BCUT2D eigenvalue weighted by Gasteiger charge is 2.37. The third-order valence-corrected chi connectivity index (χ3v) is 4.15. The molecule has 2 aromatic rings. The van der Waals surface area contributed by atoms with E-state index in [2.05, 4.69) is 6.92 Å². The summed E-state index contributed by atoms with van der Waals surface area (Å²) in [7, 11) is 0. The molecule has 3 heteroatoms. The Morgan fingerprint density at radius 3 is 3.00 bits per heavy atom. The molecule has 1 N–H and O–H groups in total. The highest BCUT2D eigenvalue weighted by Crippen LogP contribution is 2.41. The van der Waals surface area contributed by atoms with E-state index in [0.717, 1.165) is 30.2 Å². The van der Waals surface area contributed by atoms with Crippen molar-refractivity contribution in [3.63, 3.8) is 0 Å². The van der Waals surface area contributed by atoms with Gasteiger partial charge in [0, 0.05) is 10.4 Å². The lowest BCUT2D eigenvalue weighted by Gasteiger charge is -2.33. The van der Waals surface area contributed by atoms with Crippen LogP contribution in [0.5, 0.6) is 0 Å². The lowest BCUT2D eigenvalue weighted by Crippen LogP contribution is -2.31. The number of furan rings is 1. The van der Waals surface area contributed by atoms with Gasteiger partial charge in [0.15, 0.2) is 0 Å². The predicted molar refractivity (Wildman–Crippen MR) is 72.8 cm³/mol. The van der Waals surface area contributed by atoms with Gasteiger partial charge < -0.3 is 9.52 Å². The Morgan fingerprint density at radius 1 is 1.39 bits per heavy atom. The molecule has 1 aromatic carbocycles. The Kier molecular flexibility index (Phi) is 2.87. The van der Waals surface area contributed by atoms with E-state index in [0.29, 0.717) is 16.7 Å². The SMILES string of the molecule is CC1CCCC(O)(c2cc3cc(Cl)ccc3o2)C1. The van der Waals surface area contributed by atoms with Gasteiger partial charge in [-0.1, -0.05) is 24.9 Å². The second-order valence-corrected chi connectivity index (χ2v) is 5.96. The molecule has 0 bridgehead atoms. The largest absolute Gasteiger partial charge is 0.458 e. The molecule has 0 aliphatic heterocycles. The van der Waals surface area contributed by atoms with E-state index >= 15 is 0 Å². The fourth-order valence-corrected chi connectivity index (χ4v) is 3.17. The molecule has 3 rings (SSSR count). The quantitative estimate of drug-likeness (QED) is 0.824. The Labute approximate surface area is 112 Å². The van der Waals surface area contributed by atoms with Crippen LogP contribution in [0.4, 0.5) is 0 Å². The molecule has 0 saturated heterocycles. The fourth-order valence-electron chi connectivity index (χ4n) is 2.99. The normalized spacial score (nSPS) is 28.7. The van der Waals surface area contributed by atoms with E-state index in [9.17, 15) is 5.11 Å². The molecule has 96 valence electrons. The minimum Gasteiger partial charge on any atom is -0.458 e. The minimum atomic E-state index is -0.802. The molecular weight excluding hydrogens is 248 g/mol. The molecule has 18 heavy (non-hydrogen) atoms.